The number of amides is 2. The second-order valence-electron chi connectivity index (χ2n) is 25.4. The number of esters is 1. The lowest BCUT2D eigenvalue weighted by atomic mass is 9.75. The molecular weight excluding hydrogens is 1570 g/mol. The Balaban J connectivity index is 0.000000216. The van der Waals surface area contributed by atoms with E-state index in [1.807, 2.05) is 27.7 Å². The fourth-order valence-corrected chi connectivity index (χ4v) is 13.2. The third kappa shape index (κ3) is 19.4. The average molecular weight is 1630 g/mol. The van der Waals surface area contributed by atoms with E-state index in [9.17, 15) is 50.6 Å². The van der Waals surface area contributed by atoms with E-state index in [0.29, 0.717) is 128 Å². The molecule has 2 amide bonds. The number of methoxy groups -OCH3 is 1. The molecule has 11 rings (SSSR count). The highest BCUT2D eigenvalue weighted by Gasteiger charge is 2.53. The maximum absolute atomic E-state index is 15.2. The van der Waals surface area contributed by atoms with Crippen molar-refractivity contribution in [1.82, 2.24) is 10.6 Å². The number of fused-ring (bicyclic) bond motifs is 2. The first kappa shape index (κ1) is 81.8. The molecule has 0 unspecified atom stereocenters. The largest absolute Gasteiger partial charge is 0.498 e. The van der Waals surface area contributed by atoms with E-state index in [0.717, 1.165) is 12.7 Å². The molecule has 3 aliphatic heterocycles. The van der Waals surface area contributed by atoms with Crippen LogP contribution < -0.4 is 36.2 Å². The van der Waals surface area contributed by atoms with Crippen LogP contribution in [0.5, 0.6) is 11.5 Å². The monoisotopic (exact) mass is 1630 g/mol. The number of alkyl halides is 6. The van der Waals surface area contributed by atoms with Gasteiger partial charge >= 0.3 is 31.4 Å². The van der Waals surface area contributed by atoms with Crippen molar-refractivity contribution in [3.05, 3.63) is 249 Å². The highest BCUT2D eigenvalue weighted by Crippen LogP contribution is 2.47. The van der Waals surface area contributed by atoms with Crippen molar-refractivity contribution in [1.29, 1.82) is 0 Å². The minimum absolute atomic E-state index is 0.110. The summed E-state index contributed by atoms with van der Waals surface area (Å²) >= 11 is 27.5. The Kier molecular flexibility index (Phi) is 26.2. The number of hydrogen-bond donors (Lipinski definition) is 5. The fraction of sp³-hybridized carbons (Fsp3) is 0.280. The van der Waals surface area contributed by atoms with Crippen molar-refractivity contribution in [3.63, 3.8) is 0 Å². The van der Waals surface area contributed by atoms with Gasteiger partial charge in [0.2, 0.25) is 0 Å². The minimum atomic E-state index is -4.83. The first-order valence-electron chi connectivity index (χ1n) is 32.4. The standard InChI is InChI=1S/C34H36BF5N2O6.C34H24Cl2F5N3O4.C7H2BrCl2N/c1-32(2)33(3,4)48-35(47-32)23-14-13-20(22-12-9-15-46-28(22)23)16-26(31(44)45-5)42-30(43)27-24(36)17-21(18-25(27)37)41-29(34(38,39)40)19-10-7-6-8-11-19;1-42-19-13-23(35)28(24(36)14-19)22-10-9-18(21-8-5-11-48-30(21)22)12-27(33(46)47)44-32(45)29-25(37)15-20(16-26(29)38)43-31(34(39,40)41)17-6-3-2-4-7-17;1-11-4-2-5(9)7(8)6(10)3-4/h6-8,10-11,13-14,17-18,26,29,41H,9,12,15-16H2,1-5H3,(H,42,43);2-4,6-7,9-10,13-16,27,31,43H,5,8,11-12H2,(H,44,45)(H,46,47);2-3H/t26-,29+;27-,31+;/m00./s1. The molecule has 0 radical (unpaired) electrons. The number of benzene rings is 8. The van der Waals surface area contributed by atoms with Crippen LogP contribution in [0.25, 0.3) is 20.8 Å². The molecule has 8 aromatic carbocycles. The van der Waals surface area contributed by atoms with Crippen molar-refractivity contribution in [2.24, 2.45) is 0 Å². The minimum Gasteiger partial charge on any atom is -0.494 e. The molecule has 0 saturated carbocycles. The molecule has 16 nitrogen and oxygen atoms in total. The van der Waals surface area contributed by atoms with Crippen LogP contribution in [0.15, 0.2) is 138 Å². The quantitative estimate of drug-likeness (QED) is 0.0180. The summed E-state index contributed by atoms with van der Waals surface area (Å²) in [4.78, 5) is 57.8. The summed E-state index contributed by atoms with van der Waals surface area (Å²) in [6, 6.07) is 20.8. The summed E-state index contributed by atoms with van der Waals surface area (Å²) in [7, 11) is 0.391. The molecule has 3 aliphatic rings. The van der Waals surface area contributed by atoms with Crippen molar-refractivity contribution < 1.29 is 91.7 Å². The number of hydrogen-bond acceptors (Lipinski definition) is 11. The average Bonchev–Trinajstić information content (AvgIpc) is 1.74. The summed E-state index contributed by atoms with van der Waals surface area (Å²) < 4.78 is 173. The molecule has 8 aromatic rings. The molecule has 32 heteroatoms. The van der Waals surface area contributed by atoms with Crippen LogP contribution in [0, 0.1) is 36.4 Å². The number of carbonyl (C=O) groups is 4. The zero-order valence-electron chi connectivity index (χ0n) is 56.9. The predicted octanol–water partition coefficient (Wildman–Crippen LogP) is 19.1. The molecule has 3 heterocycles. The Morgan fingerprint density at radius 2 is 0.981 bits per heavy atom. The third-order valence-corrected chi connectivity index (χ3v) is 20.2. The highest BCUT2D eigenvalue weighted by molar-refractivity contribution is 9.10. The number of ether oxygens (including phenoxy) is 3. The van der Waals surface area contributed by atoms with Gasteiger partial charge in [-0.2, -0.15) is 26.3 Å². The number of nitrogens with zero attached hydrogens (tertiary/aromatic N) is 2. The molecule has 0 aliphatic carbocycles. The maximum atomic E-state index is 15.2. The second kappa shape index (κ2) is 34.3. The Morgan fingerprint density at radius 3 is 1.39 bits per heavy atom. The molecule has 5 N–H and O–H groups in total. The van der Waals surface area contributed by atoms with Gasteiger partial charge in [-0.25, -0.2) is 36.8 Å². The molecular formula is C75H62BBrCl4F10N6O10. The topological polar surface area (TPSA) is 192 Å². The molecule has 0 spiro atoms. The Hall–Kier alpha value is -9.26. The molecule has 560 valence electrons. The van der Waals surface area contributed by atoms with Crippen LogP contribution in [0.4, 0.5) is 66.7 Å². The highest BCUT2D eigenvalue weighted by atomic mass is 79.9. The lowest BCUT2D eigenvalue weighted by molar-refractivity contribution is -0.144. The van der Waals surface area contributed by atoms with Gasteiger partial charge in [0.25, 0.3) is 11.8 Å². The van der Waals surface area contributed by atoms with Crippen LogP contribution in [0.1, 0.15) is 107 Å². The van der Waals surface area contributed by atoms with Gasteiger partial charge in [0.05, 0.1) is 49.1 Å². The summed E-state index contributed by atoms with van der Waals surface area (Å²) in [5.74, 6) is -10.0. The van der Waals surface area contributed by atoms with E-state index in [4.69, 9.17) is 83.1 Å². The molecule has 1 saturated heterocycles. The smallest absolute Gasteiger partial charge is 0.494 e. The number of anilines is 2. The lowest BCUT2D eigenvalue weighted by Gasteiger charge is -2.32. The molecule has 4 atom stereocenters. The van der Waals surface area contributed by atoms with E-state index in [1.54, 1.807) is 36.4 Å². The molecule has 107 heavy (non-hydrogen) atoms. The predicted molar refractivity (Wildman–Crippen MR) is 388 cm³/mol. The normalized spacial score (nSPS) is 15.2. The number of carbonyl (C=O) groups excluding carboxylic acids is 3. The van der Waals surface area contributed by atoms with Crippen LogP contribution >= 0.6 is 62.3 Å². The van der Waals surface area contributed by atoms with E-state index >= 15 is 17.6 Å². The number of aliphatic carboxylic acids is 1. The van der Waals surface area contributed by atoms with E-state index in [2.05, 4.69) is 46.9 Å². The van der Waals surface area contributed by atoms with Gasteiger partial charge in [-0.05, 0) is 151 Å². The summed E-state index contributed by atoms with van der Waals surface area (Å²) in [6.45, 7) is 22.4. The SMILES string of the molecule is COC(=O)[C@H](Cc1ccc(B2OC(C)(C)C(C)(C)O2)c2c1CCCO2)NC(=O)c1c(F)cc(N[C@H](c2ccccc2)C(F)(F)F)cc1F.[C-]#[N+]c1cc(Cl)c(-c2ccc(C[C@H](NC(=O)c3c(F)cc(N[C@H](c4ccccc4)C(F)(F)F)cc3F)C(=O)O)c3c2OCCC3)c(Cl)c1.[C-]#[N+]c1cc(Cl)c(Br)c(Cl)c1. The molecule has 0 bridgehead atoms. The number of nitrogens with one attached hydrogen (secondary N) is 4. The number of carboxylic acids is 1. The van der Waals surface area contributed by atoms with Gasteiger partial charge in [-0.1, -0.05) is 131 Å². The Labute approximate surface area is 636 Å². The van der Waals surface area contributed by atoms with E-state index < -0.39 is 124 Å². The van der Waals surface area contributed by atoms with E-state index in [1.165, 1.54) is 72.8 Å². The third-order valence-electron chi connectivity index (χ3n) is 17.7. The number of halogens is 15. The summed E-state index contributed by atoms with van der Waals surface area (Å²) in [5.41, 5.74) is -0.195. The Bertz CT molecular complexity index is 4680. The second-order valence-corrected chi connectivity index (χ2v) is 27.9. The first-order chi connectivity index (χ1) is 50.4. The molecule has 1 fully saturated rings. The van der Waals surface area contributed by atoms with Crippen molar-refractivity contribution in [2.45, 2.75) is 114 Å². The zero-order valence-corrected chi connectivity index (χ0v) is 61.5. The summed E-state index contributed by atoms with van der Waals surface area (Å²) in [5, 5.41) is 19.9. The summed E-state index contributed by atoms with van der Waals surface area (Å²) in [6.07, 6.45) is -7.74. The van der Waals surface area contributed by atoms with Crippen molar-refractivity contribution in [2.75, 3.05) is 31.0 Å². The van der Waals surface area contributed by atoms with Crippen molar-refractivity contribution >= 4 is 121 Å². The van der Waals surface area contributed by atoms with Gasteiger partial charge in [0.1, 0.15) is 70.1 Å². The first-order valence-corrected chi connectivity index (χ1v) is 34.7. The van der Waals surface area contributed by atoms with Gasteiger partial charge in [0, 0.05) is 60.9 Å². The van der Waals surface area contributed by atoms with E-state index in [-0.39, 0.29) is 39.7 Å². The van der Waals surface area contributed by atoms with Gasteiger partial charge in [0.15, 0.2) is 11.4 Å². The number of carboxylic acid groups (broad SMARTS) is 1. The lowest BCUT2D eigenvalue weighted by Crippen LogP contribution is -2.44. The van der Waals surface area contributed by atoms with Gasteiger partial charge < -0.3 is 49.9 Å². The van der Waals surface area contributed by atoms with Gasteiger partial charge in [-0.15, -0.1) is 0 Å². The maximum Gasteiger partial charge on any atom is 0.498 e. The van der Waals surface area contributed by atoms with Crippen LogP contribution in [-0.4, -0.2) is 91.9 Å². The molecule has 0 aromatic heterocycles. The van der Waals surface area contributed by atoms with Crippen LogP contribution in [0.2, 0.25) is 20.1 Å². The van der Waals surface area contributed by atoms with Gasteiger partial charge in [-0.3, -0.25) is 9.59 Å². The van der Waals surface area contributed by atoms with Crippen LogP contribution in [0.3, 0.4) is 0 Å². The van der Waals surface area contributed by atoms with Crippen molar-refractivity contribution in [3.8, 4) is 22.6 Å². The zero-order chi connectivity index (χ0) is 78.2. The number of rotatable bonds is 18. The fourth-order valence-electron chi connectivity index (χ4n) is 11.8. The Morgan fingerprint density at radius 1 is 0.589 bits per heavy atom. The van der Waals surface area contributed by atoms with Crippen LogP contribution in [-0.2, 0) is 49.3 Å².